The Hall–Kier alpha value is -3.33. The third-order valence-electron chi connectivity index (χ3n) is 4.72. The summed E-state index contributed by atoms with van der Waals surface area (Å²) in [7, 11) is 0. The van der Waals surface area contributed by atoms with Crippen molar-refractivity contribution >= 4 is 11.0 Å². The van der Waals surface area contributed by atoms with Crippen LogP contribution < -0.4 is 10.2 Å². The zero-order chi connectivity index (χ0) is 19.3. The average molecular weight is 370 g/mol. The molecule has 0 spiro atoms. The van der Waals surface area contributed by atoms with E-state index in [1.165, 1.54) is 0 Å². The second kappa shape index (κ2) is 8.13. The SMILES string of the molecule is CCCOc1cccc(-c2ccc3c(=O)c(Cc4ccccc4)coc3c2)c1. The quantitative estimate of drug-likeness (QED) is 0.428. The molecule has 0 unspecified atom stereocenters. The predicted molar refractivity (Wildman–Crippen MR) is 113 cm³/mol. The van der Waals surface area contributed by atoms with Gasteiger partial charge in [-0.15, -0.1) is 0 Å². The molecule has 0 atom stereocenters. The Bertz CT molecular complexity index is 1140. The highest BCUT2D eigenvalue weighted by Crippen LogP contribution is 2.27. The van der Waals surface area contributed by atoms with Crippen molar-refractivity contribution in [1.82, 2.24) is 0 Å². The summed E-state index contributed by atoms with van der Waals surface area (Å²) < 4.78 is 11.5. The fourth-order valence-electron chi connectivity index (χ4n) is 3.27. The molecule has 0 fully saturated rings. The summed E-state index contributed by atoms with van der Waals surface area (Å²) in [6, 6.07) is 23.7. The molecule has 4 aromatic rings. The van der Waals surface area contributed by atoms with Crippen LogP contribution in [0.3, 0.4) is 0 Å². The van der Waals surface area contributed by atoms with Crippen LogP contribution in [0.5, 0.6) is 5.75 Å². The van der Waals surface area contributed by atoms with Crippen molar-refractivity contribution in [2.24, 2.45) is 0 Å². The van der Waals surface area contributed by atoms with Crippen molar-refractivity contribution in [2.75, 3.05) is 6.61 Å². The highest BCUT2D eigenvalue weighted by molar-refractivity contribution is 5.83. The standard InChI is InChI=1S/C25H22O3/c1-2-13-27-22-10-6-9-19(15-22)20-11-12-23-24(16-20)28-17-21(25(23)26)14-18-7-4-3-5-8-18/h3-12,15-17H,2,13-14H2,1H3. The normalized spacial score (nSPS) is 10.9. The fourth-order valence-corrected chi connectivity index (χ4v) is 3.27. The molecule has 0 saturated heterocycles. The Balaban J connectivity index is 1.67. The summed E-state index contributed by atoms with van der Waals surface area (Å²) >= 11 is 0. The van der Waals surface area contributed by atoms with Crippen molar-refractivity contribution in [3.05, 3.63) is 100 Å². The summed E-state index contributed by atoms with van der Waals surface area (Å²) in [5.74, 6) is 0.846. The second-order valence-corrected chi connectivity index (χ2v) is 6.84. The molecule has 3 heteroatoms. The van der Waals surface area contributed by atoms with E-state index in [4.69, 9.17) is 9.15 Å². The lowest BCUT2D eigenvalue weighted by Crippen LogP contribution is -2.09. The zero-order valence-corrected chi connectivity index (χ0v) is 15.9. The molecular formula is C25H22O3. The Morgan fingerprint density at radius 1 is 0.893 bits per heavy atom. The Morgan fingerprint density at radius 3 is 2.54 bits per heavy atom. The average Bonchev–Trinajstić information content (AvgIpc) is 2.75. The largest absolute Gasteiger partial charge is 0.494 e. The van der Waals surface area contributed by atoms with Crippen molar-refractivity contribution in [2.45, 2.75) is 19.8 Å². The van der Waals surface area contributed by atoms with E-state index in [-0.39, 0.29) is 5.43 Å². The lowest BCUT2D eigenvalue weighted by atomic mass is 10.0. The number of benzene rings is 3. The summed E-state index contributed by atoms with van der Waals surface area (Å²) in [5, 5.41) is 0.607. The van der Waals surface area contributed by atoms with E-state index in [1.54, 1.807) is 6.26 Å². The minimum absolute atomic E-state index is 0.0247. The summed E-state index contributed by atoms with van der Waals surface area (Å²) in [4.78, 5) is 12.9. The van der Waals surface area contributed by atoms with Gasteiger partial charge in [-0.2, -0.15) is 0 Å². The topological polar surface area (TPSA) is 39.4 Å². The number of hydrogen-bond donors (Lipinski definition) is 0. The van der Waals surface area contributed by atoms with Gasteiger partial charge in [0, 0.05) is 12.0 Å². The van der Waals surface area contributed by atoms with Gasteiger partial charge in [0.15, 0.2) is 5.43 Å². The first-order valence-corrected chi connectivity index (χ1v) is 9.56. The van der Waals surface area contributed by atoms with Crippen molar-refractivity contribution in [3.63, 3.8) is 0 Å². The van der Waals surface area contributed by atoms with Gasteiger partial charge in [0.1, 0.15) is 11.3 Å². The molecule has 4 rings (SSSR count). The van der Waals surface area contributed by atoms with E-state index in [2.05, 4.69) is 6.92 Å². The van der Waals surface area contributed by atoms with Crippen LogP contribution in [0.1, 0.15) is 24.5 Å². The first-order valence-electron chi connectivity index (χ1n) is 9.56. The van der Waals surface area contributed by atoms with E-state index in [0.717, 1.165) is 28.9 Å². The minimum Gasteiger partial charge on any atom is -0.494 e. The van der Waals surface area contributed by atoms with Gasteiger partial charge in [0.25, 0.3) is 0 Å². The van der Waals surface area contributed by atoms with Crippen LogP contribution >= 0.6 is 0 Å². The van der Waals surface area contributed by atoms with Gasteiger partial charge in [0.05, 0.1) is 18.3 Å². The van der Waals surface area contributed by atoms with Crippen LogP contribution in [0.2, 0.25) is 0 Å². The summed E-state index contributed by atoms with van der Waals surface area (Å²) in [6.45, 7) is 2.78. The van der Waals surface area contributed by atoms with E-state index >= 15 is 0 Å². The van der Waals surface area contributed by atoms with Crippen LogP contribution in [0.15, 0.2) is 88.3 Å². The molecule has 28 heavy (non-hydrogen) atoms. The smallest absolute Gasteiger partial charge is 0.196 e. The third-order valence-corrected chi connectivity index (χ3v) is 4.72. The maximum absolute atomic E-state index is 12.9. The molecule has 1 heterocycles. The predicted octanol–water partition coefficient (Wildman–Crippen LogP) is 5.84. The van der Waals surface area contributed by atoms with Gasteiger partial charge >= 0.3 is 0 Å². The molecule has 0 amide bonds. The summed E-state index contributed by atoms with van der Waals surface area (Å²) in [5.41, 5.74) is 4.41. The molecular weight excluding hydrogens is 348 g/mol. The number of hydrogen-bond acceptors (Lipinski definition) is 3. The lowest BCUT2D eigenvalue weighted by molar-refractivity contribution is 0.317. The maximum atomic E-state index is 12.9. The van der Waals surface area contributed by atoms with Gasteiger partial charge < -0.3 is 9.15 Å². The summed E-state index contributed by atoms with van der Waals surface area (Å²) in [6.07, 6.45) is 3.12. The minimum atomic E-state index is 0.0247. The molecule has 1 aromatic heterocycles. The van der Waals surface area contributed by atoms with Crippen LogP contribution in [0, 0.1) is 0 Å². The van der Waals surface area contributed by atoms with Gasteiger partial charge in [-0.25, -0.2) is 0 Å². The van der Waals surface area contributed by atoms with Crippen molar-refractivity contribution in [3.8, 4) is 16.9 Å². The Morgan fingerprint density at radius 2 is 1.71 bits per heavy atom. The molecule has 0 saturated carbocycles. The number of fused-ring (bicyclic) bond motifs is 1. The fraction of sp³-hybridized carbons (Fsp3) is 0.160. The molecule has 0 aliphatic rings. The van der Waals surface area contributed by atoms with Crippen molar-refractivity contribution < 1.29 is 9.15 Å². The number of ether oxygens (including phenoxy) is 1. The highest BCUT2D eigenvalue weighted by atomic mass is 16.5. The van der Waals surface area contributed by atoms with Gasteiger partial charge in [-0.05, 0) is 47.4 Å². The van der Waals surface area contributed by atoms with Gasteiger partial charge in [-0.1, -0.05) is 55.5 Å². The molecule has 0 N–H and O–H groups in total. The molecule has 0 radical (unpaired) electrons. The van der Waals surface area contributed by atoms with E-state index in [1.807, 2.05) is 72.8 Å². The molecule has 3 aromatic carbocycles. The van der Waals surface area contributed by atoms with Crippen molar-refractivity contribution in [1.29, 1.82) is 0 Å². The molecule has 3 nitrogen and oxygen atoms in total. The van der Waals surface area contributed by atoms with E-state index in [0.29, 0.717) is 29.6 Å². The van der Waals surface area contributed by atoms with Gasteiger partial charge in [0.2, 0.25) is 0 Å². The number of rotatable bonds is 6. The van der Waals surface area contributed by atoms with Crippen LogP contribution in [0.4, 0.5) is 0 Å². The third kappa shape index (κ3) is 3.84. The molecule has 0 aliphatic heterocycles. The lowest BCUT2D eigenvalue weighted by Gasteiger charge is -2.08. The highest BCUT2D eigenvalue weighted by Gasteiger charge is 2.10. The Kier molecular flexibility index (Phi) is 5.24. The monoisotopic (exact) mass is 370 g/mol. The second-order valence-electron chi connectivity index (χ2n) is 6.84. The van der Waals surface area contributed by atoms with Gasteiger partial charge in [-0.3, -0.25) is 4.79 Å². The van der Waals surface area contributed by atoms with Crippen LogP contribution in [-0.4, -0.2) is 6.61 Å². The molecule has 0 bridgehead atoms. The Labute approximate surface area is 164 Å². The van der Waals surface area contributed by atoms with E-state index in [9.17, 15) is 4.79 Å². The maximum Gasteiger partial charge on any atom is 0.196 e. The van der Waals surface area contributed by atoms with Crippen LogP contribution in [-0.2, 0) is 6.42 Å². The zero-order valence-electron chi connectivity index (χ0n) is 15.9. The first-order chi connectivity index (χ1) is 13.7. The molecule has 140 valence electrons. The van der Waals surface area contributed by atoms with Crippen LogP contribution in [0.25, 0.3) is 22.1 Å². The molecule has 0 aliphatic carbocycles. The first kappa shape index (κ1) is 18.1. The van der Waals surface area contributed by atoms with E-state index < -0.39 is 0 Å².